The molecule has 0 unspecified atom stereocenters. The summed E-state index contributed by atoms with van der Waals surface area (Å²) in [6, 6.07) is 4.03. The number of aromatic nitrogens is 1. The van der Waals surface area contributed by atoms with Crippen LogP contribution in [-0.2, 0) is 16.1 Å². The van der Waals surface area contributed by atoms with Gasteiger partial charge < -0.3 is 15.2 Å². The number of carbonyl (C=O) groups excluding carboxylic acids is 1. The highest BCUT2D eigenvalue weighted by Gasteiger charge is 2.05. The van der Waals surface area contributed by atoms with Gasteiger partial charge in [-0.25, -0.2) is 4.57 Å². The van der Waals surface area contributed by atoms with Crippen LogP contribution in [0.25, 0.3) is 0 Å². The van der Waals surface area contributed by atoms with Gasteiger partial charge in [0.25, 0.3) is 0 Å². The minimum atomic E-state index is 0.00988. The summed E-state index contributed by atoms with van der Waals surface area (Å²) >= 11 is 0. The van der Waals surface area contributed by atoms with Crippen LogP contribution in [-0.4, -0.2) is 37.4 Å². The minimum absolute atomic E-state index is 0.00988. The molecule has 1 amide bonds. The van der Waals surface area contributed by atoms with Gasteiger partial charge in [0.05, 0.1) is 26.2 Å². The van der Waals surface area contributed by atoms with Gasteiger partial charge in [0.2, 0.25) is 5.91 Å². The molecule has 0 saturated carbocycles. The van der Waals surface area contributed by atoms with E-state index in [9.17, 15) is 4.79 Å². The van der Waals surface area contributed by atoms with Crippen LogP contribution in [0.5, 0.6) is 0 Å². The number of rotatable bonds is 8. The van der Waals surface area contributed by atoms with Crippen LogP contribution in [0, 0.1) is 6.92 Å². The van der Waals surface area contributed by atoms with E-state index >= 15 is 0 Å². The van der Waals surface area contributed by atoms with Crippen molar-refractivity contribution >= 4 is 5.91 Å². The van der Waals surface area contributed by atoms with Crippen LogP contribution >= 0.6 is 0 Å². The summed E-state index contributed by atoms with van der Waals surface area (Å²) in [6.45, 7) is 3.95. The van der Waals surface area contributed by atoms with Gasteiger partial charge in [0.15, 0.2) is 18.9 Å². The highest BCUT2D eigenvalue weighted by molar-refractivity contribution is 5.75. The number of aliphatic hydroxyl groups is 1. The Balaban J connectivity index is 2.11. The number of nitrogens with zero attached hydrogens (tertiary/aromatic N) is 1. The van der Waals surface area contributed by atoms with Crippen LogP contribution < -0.4 is 9.88 Å². The number of pyridine rings is 1. The predicted octanol–water partition coefficient (Wildman–Crippen LogP) is -0.202. The first-order valence-electron chi connectivity index (χ1n) is 6.13. The van der Waals surface area contributed by atoms with Crippen molar-refractivity contribution in [1.29, 1.82) is 0 Å². The van der Waals surface area contributed by atoms with E-state index in [-0.39, 0.29) is 12.5 Å². The van der Waals surface area contributed by atoms with E-state index in [1.165, 1.54) is 5.56 Å². The lowest BCUT2D eigenvalue weighted by atomic mass is 10.3. The molecule has 0 aliphatic carbocycles. The molecule has 5 nitrogen and oxygen atoms in total. The second kappa shape index (κ2) is 8.60. The van der Waals surface area contributed by atoms with E-state index < -0.39 is 0 Å². The Hall–Kier alpha value is -1.46. The first-order chi connectivity index (χ1) is 8.72. The van der Waals surface area contributed by atoms with Crippen LogP contribution in [0.1, 0.15) is 12.0 Å². The maximum atomic E-state index is 11.5. The van der Waals surface area contributed by atoms with Gasteiger partial charge in [0.1, 0.15) is 0 Å². The second-order valence-corrected chi connectivity index (χ2v) is 4.05. The van der Waals surface area contributed by atoms with E-state index in [1.807, 2.05) is 36.0 Å². The van der Waals surface area contributed by atoms with Gasteiger partial charge in [-0.1, -0.05) is 0 Å². The summed E-state index contributed by atoms with van der Waals surface area (Å²) in [7, 11) is 0. The lowest BCUT2D eigenvalue weighted by Gasteiger charge is -2.04. The average Bonchev–Trinajstić information content (AvgIpc) is 2.38. The molecule has 1 aromatic rings. The van der Waals surface area contributed by atoms with Crippen molar-refractivity contribution in [3.8, 4) is 0 Å². The Morgan fingerprint density at radius 2 is 2.11 bits per heavy atom. The molecule has 0 fully saturated rings. The normalized spacial score (nSPS) is 10.3. The molecule has 1 aromatic heterocycles. The monoisotopic (exact) mass is 253 g/mol. The van der Waals surface area contributed by atoms with Crippen molar-refractivity contribution in [3.63, 3.8) is 0 Å². The summed E-state index contributed by atoms with van der Waals surface area (Å²) in [5.74, 6) is 0.00988. The number of carbonyl (C=O) groups is 1. The second-order valence-electron chi connectivity index (χ2n) is 4.05. The molecule has 0 aliphatic rings. The molecular weight excluding hydrogens is 232 g/mol. The maximum Gasteiger partial charge on any atom is 0.226 e. The third-order valence-electron chi connectivity index (χ3n) is 2.46. The maximum absolute atomic E-state index is 11.5. The topological polar surface area (TPSA) is 62.4 Å². The first-order valence-corrected chi connectivity index (χ1v) is 6.13. The van der Waals surface area contributed by atoms with Crippen molar-refractivity contribution in [2.45, 2.75) is 19.9 Å². The first kappa shape index (κ1) is 14.6. The third-order valence-corrected chi connectivity index (χ3v) is 2.46. The van der Waals surface area contributed by atoms with Gasteiger partial charge in [0, 0.05) is 18.7 Å². The Labute approximate surface area is 107 Å². The van der Waals surface area contributed by atoms with Crippen LogP contribution in [0.4, 0.5) is 0 Å². The van der Waals surface area contributed by atoms with E-state index in [0.29, 0.717) is 32.7 Å². The SMILES string of the molecule is Cc1cc[n+](CCC(=O)NCCOCCO)cc1. The van der Waals surface area contributed by atoms with E-state index in [1.54, 1.807) is 0 Å². The van der Waals surface area contributed by atoms with Gasteiger partial charge in [-0.3, -0.25) is 4.79 Å². The number of hydrogen-bond acceptors (Lipinski definition) is 3. The number of aryl methyl sites for hydroxylation is 2. The van der Waals surface area contributed by atoms with Crippen molar-refractivity contribution < 1.29 is 19.2 Å². The Kier molecular flexibility index (Phi) is 6.98. The summed E-state index contributed by atoms with van der Waals surface area (Å²) in [5.41, 5.74) is 1.21. The largest absolute Gasteiger partial charge is 0.394 e. The van der Waals surface area contributed by atoms with Crippen LogP contribution in [0.2, 0.25) is 0 Å². The van der Waals surface area contributed by atoms with E-state index in [2.05, 4.69) is 5.32 Å². The Morgan fingerprint density at radius 1 is 1.39 bits per heavy atom. The summed E-state index contributed by atoms with van der Waals surface area (Å²) in [6.07, 6.45) is 4.38. The molecule has 2 N–H and O–H groups in total. The van der Waals surface area contributed by atoms with Crippen LogP contribution in [0.3, 0.4) is 0 Å². The number of aliphatic hydroxyl groups excluding tert-OH is 1. The fourth-order valence-corrected chi connectivity index (χ4v) is 1.43. The molecule has 0 saturated heterocycles. The van der Waals surface area contributed by atoms with Gasteiger partial charge in [-0.15, -0.1) is 0 Å². The number of ether oxygens (including phenoxy) is 1. The fraction of sp³-hybridized carbons (Fsp3) is 0.538. The van der Waals surface area contributed by atoms with Crippen molar-refractivity contribution in [1.82, 2.24) is 5.32 Å². The fourth-order valence-electron chi connectivity index (χ4n) is 1.43. The molecule has 100 valence electrons. The molecule has 1 rings (SSSR count). The summed E-state index contributed by atoms with van der Waals surface area (Å²) in [4.78, 5) is 11.5. The lowest BCUT2D eigenvalue weighted by Crippen LogP contribution is -2.37. The van der Waals surface area contributed by atoms with Crippen molar-refractivity contribution in [2.24, 2.45) is 0 Å². The minimum Gasteiger partial charge on any atom is -0.394 e. The molecule has 0 spiro atoms. The highest BCUT2D eigenvalue weighted by Crippen LogP contribution is 1.90. The zero-order valence-electron chi connectivity index (χ0n) is 10.8. The van der Waals surface area contributed by atoms with Gasteiger partial charge in [-0.05, 0) is 12.5 Å². The standard InChI is InChI=1S/C13H20N2O3/c1-12-2-6-15(7-3-12)8-4-13(17)14-5-10-18-11-9-16/h2-3,6-7,16H,4-5,8-11H2,1H3/p+1. The average molecular weight is 253 g/mol. The molecule has 0 bridgehead atoms. The van der Waals surface area contributed by atoms with E-state index in [0.717, 1.165) is 0 Å². The van der Waals surface area contributed by atoms with E-state index in [4.69, 9.17) is 9.84 Å². The number of hydrogen-bond donors (Lipinski definition) is 2. The molecular formula is C13H21N2O3+. The summed E-state index contributed by atoms with van der Waals surface area (Å²) < 4.78 is 7.02. The zero-order chi connectivity index (χ0) is 13.2. The molecule has 1 heterocycles. The predicted molar refractivity (Wildman–Crippen MR) is 66.9 cm³/mol. The molecule has 18 heavy (non-hydrogen) atoms. The van der Waals surface area contributed by atoms with Crippen LogP contribution in [0.15, 0.2) is 24.5 Å². The smallest absolute Gasteiger partial charge is 0.226 e. The van der Waals surface area contributed by atoms with Gasteiger partial charge in [-0.2, -0.15) is 0 Å². The zero-order valence-corrected chi connectivity index (χ0v) is 10.8. The highest BCUT2D eigenvalue weighted by atomic mass is 16.5. The van der Waals surface area contributed by atoms with Crippen molar-refractivity contribution in [3.05, 3.63) is 30.1 Å². The Bertz CT molecular complexity index is 352. The Morgan fingerprint density at radius 3 is 2.78 bits per heavy atom. The molecule has 5 heteroatoms. The van der Waals surface area contributed by atoms with Crippen molar-refractivity contribution in [2.75, 3.05) is 26.4 Å². The summed E-state index contributed by atoms with van der Waals surface area (Å²) in [5, 5.41) is 11.3. The number of nitrogens with one attached hydrogen (secondary N) is 1. The lowest BCUT2D eigenvalue weighted by molar-refractivity contribution is -0.695. The number of amides is 1. The molecule has 0 radical (unpaired) electrons. The quantitative estimate of drug-likeness (QED) is 0.498. The molecule has 0 aromatic carbocycles. The molecule has 0 aliphatic heterocycles. The van der Waals surface area contributed by atoms with Gasteiger partial charge >= 0.3 is 0 Å². The molecule has 0 atom stereocenters. The third kappa shape index (κ3) is 6.32.